The fourth-order valence-corrected chi connectivity index (χ4v) is 1.93. The first-order valence-corrected chi connectivity index (χ1v) is 6.27. The summed E-state index contributed by atoms with van der Waals surface area (Å²) in [7, 11) is 0. The van der Waals surface area contributed by atoms with Gasteiger partial charge in [-0.3, -0.25) is 4.79 Å². The summed E-state index contributed by atoms with van der Waals surface area (Å²) < 4.78 is 0. The summed E-state index contributed by atoms with van der Waals surface area (Å²) >= 11 is 0. The van der Waals surface area contributed by atoms with Crippen LogP contribution in [0, 0.1) is 0 Å². The van der Waals surface area contributed by atoms with E-state index in [-0.39, 0.29) is 12.8 Å². The molecule has 0 bridgehead atoms. The molecule has 0 saturated heterocycles. The number of aliphatic hydroxyl groups excluding tert-OH is 1. The minimum absolute atomic E-state index is 0.0133. The zero-order chi connectivity index (χ0) is 13.7. The van der Waals surface area contributed by atoms with Crippen LogP contribution >= 0.6 is 0 Å². The fourth-order valence-electron chi connectivity index (χ4n) is 1.93. The summed E-state index contributed by atoms with van der Waals surface area (Å²) in [6.07, 6.45) is -0.404. The Bertz CT molecular complexity index is 568. The Labute approximate surface area is 111 Å². The number of aliphatic hydroxyl groups is 1. The average molecular weight is 259 g/mol. The van der Waals surface area contributed by atoms with Crippen molar-refractivity contribution in [1.82, 2.24) is 0 Å². The number of hydrogen-bond acceptors (Lipinski definition) is 3. The van der Waals surface area contributed by atoms with Gasteiger partial charge in [0.25, 0.3) is 0 Å². The van der Waals surface area contributed by atoms with Gasteiger partial charge in [0.1, 0.15) is 0 Å². The smallest absolute Gasteiger partial charge is 0.303 e. The van der Waals surface area contributed by atoms with E-state index < -0.39 is 12.1 Å². The summed E-state index contributed by atoms with van der Waals surface area (Å²) in [4.78, 5) is 10.4. The molecule has 100 valence electrons. The summed E-state index contributed by atoms with van der Waals surface area (Å²) in [5.74, 6) is -0.884. The van der Waals surface area contributed by atoms with Gasteiger partial charge in [0.05, 0.1) is 6.10 Å². The Kier molecular flexibility index (Phi) is 4.36. The predicted molar refractivity (Wildman–Crippen MR) is 75.3 cm³/mol. The van der Waals surface area contributed by atoms with E-state index in [4.69, 9.17) is 5.11 Å². The van der Waals surface area contributed by atoms with Crippen molar-refractivity contribution in [2.75, 3.05) is 11.9 Å². The summed E-state index contributed by atoms with van der Waals surface area (Å²) in [6.45, 7) is 0.353. The van der Waals surface area contributed by atoms with E-state index in [1.54, 1.807) is 0 Å². The highest BCUT2D eigenvalue weighted by molar-refractivity contribution is 5.85. The molecule has 2 aromatic rings. The topological polar surface area (TPSA) is 69.6 Å². The third-order valence-electron chi connectivity index (χ3n) is 2.98. The predicted octanol–water partition coefficient (Wildman–Crippen LogP) is 2.48. The molecular formula is C15H17NO3. The maximum absolute atomic E-state index is 10.4. The largest absolute Gasteiger partial charge is 0.481 e. The van der Waals surface area contributed by atoms with Crippen molar-refractivity contribution < 1.29 is 15.0 Å². The number of hydrogen-bond donors (Lipinski definition) is 3. The number of carbonyl (C=O) groups is 1. The minimum atomic E-state index is -0.884. The Balaban J connectivity index is 1.92. The van der Waals surface area contributed by atoms with Crippen LogP contribution in [0.25, 0.3) is 10.8 Å². The molecule has 1 atom stereocenters. The van der Waals surface area contributed by atoms with E-state index in [2.05, 4.69) is 5.32 Å². The number of carboxylic acids is 1. The number of rotatable bonds is 6. The van der Waals surface area contributed by atoms with Gasteiger partial charge in [-0.05, 0) is 29.3 Å². The van der Waals surface area contributed by atoms with Crippen molar-refractivity contribution >= 4 is 22.4 Å². The Morgan fingerprint density at radius 1 is 1.16 bits per heavy atom. The zero-order valence-corrected chi connectivity index (χ0v) is 10.5. The maximum atomic E-state index is 10.4. The first-order chi connectivity index (χ1) is 9.15. The molecule has 4 heteroatoms. The van der Waals surface area contributed by atoms with Crippen molar-refractivity contribution in [1.29, 1.82) is 0 Å². The van der Waals surface area contributed by atoms with E-state index in [0.717, 1.165) is 11.1 Å². The number of carboxylic acid groups (broad SMARTS) is 1. The standard InChI is InChI=1S/C15H17NO3/c17-14(7-8-15(18)19)10-16-13-6-5-11-3-1-2-4-12(11)9-13/h1-6,9,14,16-17H,7-8,10H2,(H,18,19). The third kappa shape index (κ3) is 3.96. The molecule has 1 unspecified atom stereocenters. The SMILES string of the molecule is O=C(O)CCC(O)CNc1ccc2ccccc2c1. The number of fused-ring (bicyclic) bond motifs is 1. The summed E-state index contributed by atoms with van der Waals surface area (Å²) in [5.41, 5.74) is 0.924. The molecular weight excluding hydrogens is 242 g/mol. The lowest BCUT2D eigenvalue weighted by molar-refractivity contribution is -0.137. The molecule has 0 radical (unpaired) electrons. The van der Waals surface area contributed by atoms with Crippen molar-refractivity contribution in [3.63, 3.8) is 0 Å². The van der Waals surface area contributed by atoms with Crippen LogP contribution in [0.3, 0.4) is 0 Å². The minimum Gasteiger partial charge on any atom is -0.481 e. The van der Waals surface area contributed by atoms with Gasteiger partial charge < -0.3 is 15.5 Å². The van der Waals surface area contributed by atoms with E-state index in [0.29, 0.717) is 6.54 Å². The maximum Gasteiger partial charge on any atom is 0.303 e. The molecule has 0 aliphatic carbocycles. The first kappa shape index (κ1) is 13.4. The van der Waals surface area contributed by atoms with Gasteiger partial charge in [0.15, 0.2) is 0 Å². The van der Waals surface area contributed by atoms with E-state index in [9.17, 15) is 9.90 Å². The van der Waals surface area contributed by atoms with Gasteiger partial charge in [0.2, 0.25) is 0 Å². The number of aliphatic carboxylic acids is 1. The van der Waals surface area contributed by atoms with Crippen LogP contribution in [-0.4, -0.2) is 28.8 Å². The van der Waals surface area contributed by atoms with Gasteiger partial charge >= 0.3 is 5.97 Å². The molecule has 0 fully saturated rings. The van der Waals surface area contributed by atoms with Crippen molar-refractivity contribution in [3.8, 4) is 0 Å². The Morgan fingerprint density at radius 3 is 2.63 bits per heavy atom. The van der Waals surface area contributed by atoms with Gasteiger partial charge in [-0.25, -0.2) is 0 Å². The van der Waals surface area contributed by atoms with Crippen molar-refractivity contribution in [3.05, 3.63) is 42.5 Å². The normalized spacial score (nSPS) is 12.3. The second-order valence-corrected chi connectivity index (χ2v) is 4.53. The molecule has 0 heterocycles. The lowest BCUT2D eigenvalue weighted by atomic mass is 10.1. The quantitative estimate of drug-likeness (QED) is 0.745. The van der Waals surface area contributed by atoms with E-state index in [1.807, 2.05) is 42.5 Å². The molecule has 19 heavy (non-hydrogen) atoms. The van der Waals surface area contributed by atoms with E-state index in [1.165, 1.54) is 5.39 Å². The van der Waals surface area contributed by atoms with Crippen LogP contribution in [0.5, 0.6) is 0 Å². The van der Waals surface area contributed by atoms with Crippen molar-refractivity contribution in [2.45, 2.75) is 18.9 Å². The van der Waals surface area contributed by atoms with E-state index >= 15 is 0 Å². The summed E-state index contributed by atoms with van der Waals surface area (Å²) in [5, 5.41) is 23.6. The highest BCUT2D eigenvalue weighted by atomic mass is 16.4. The van der Waals surface area contributed by atoms with Crippen LogP contribution in [-0.2, 0) is 4.79 Å². The Morgan fingerprint density at radius 2 is 1.89 bits per heavy atom. The highest BCUT2D eigenvalue weighted by Gasteiger charge is 2.07. The van der Waals surface area contributed by atoms with Gasteiger partial charge in [-0.15, -0.1) is 0 Å². The number of anilines is 1. The number of benzene rings is 2. The highest BCUT2D eigenvalue weighted by Crippen LogP contribution is 2.18. The summed E-state index contributed by atoms with van der Waals surface area (Å²) in [6, 6.07) is 14.0. The first-order valence-electron chi connectivity index (χ1n) is 6.27. The second kappa shape index (κ2) is 6.20. The lowest BCUT2D eigenvalue weighted by Crippen LogP contribution is -2.20. The molecule has 3 N–H and O–H groups in total. The zero-order valence-electron chi connectivity index (χ0n) is 10.5. The van der Waals surface area contributed by atoms with Crippen LogP contribution in [0.1, 0.15) is 12.8 Å². The molecule has 0 aromatic heterocycles. The molecule has 4 nitrogen and oxygen atoms in total. The van der Waals surface area contributed by atoms with Gasteiger partial charge in [0, 0.05) is 18.7 Å². The monoisotopic (exact) mass is 259 g/mol. The molecule has 0 amide bonds. The number of nitrogens with one attached hydrogen (secondary N) is 1. The Hall–Kier alpha value is -2.07. The lowest BCUT2D eigenvalue weighted by Gasteiger charge is -2.12. The fraction of sp³-hybridized carbons (Fsp3) is 0.267. The van der Waals surface area contributed by atoms with Crippen LogP contribution in [0.2, 0.25) is 0 Å². The molecule has 2 rings (SSSR count). The average Bonchev–Trinajstić information content (AvgIpc) is 2.42. The van der Waals surface area contributed by atoms with Crippen LogP contribution in [0.15, 0.2) is 42.5 Å². The molecule has 0 aliphatic heterocycles. The van der Waals surface area contributed by atoms with Crippen molar-refractivity contribution in [2.24, 2.45) is 0 Å². The molecule has 0 saturated carbocycles. The molecule has 2 aromatic carbocycles. The third-order valence-corrected chi connectivity index (χ3v) is 2.98. The van der Waals surface area contributed by atoms with Gasteiger partial charge in [-0.2, -0.15) is 0 Å². The second-order valence-electron chi connectivity index (χ2n) is 4.53. The van der Waals surface area contributed by atoms with Gasteiger partial charge in [-0.1, -0.05) is 30.3 Å². The molecule has 0 aliphatic rings. The molecule has 0 spiro atoms. The van der Waals surface area contributed by atoms with Crippen LogP contribution < -0.4 is 5.32 Å². The van der Waals surface area contributed by atoms with Crippen LogP contribution in [0.4, 0.5) is 5.69 Å².